The van der Waals surface area contributed by atoms with Crippen molar-refractivity contribution in [2.75, 3.05) is 22.8 Å². The Morgan fingerprint density at radius 1 is 1.31 bits per heavy atom. The smallest absolute Gasteiger partial charge is 0.235 e. The van der Waals surface area contributed by atoms with Crippen molar-refractivity contribution in [1.82, 2.24) is 0 Å². The SMILES string of the molecule is CC(C)CS(=O)(=O)N(C)c1ccccc1N. The molecule has 5 heteroatoms. The van der Waals surface area contributed by atoms with Crippen molar-refractivity contribution in [3.63, 3.8) is 0 Å². The van der Waals surface area contributed by atoms with E-state index < -0.39 is 10.0 Å². The molecule has 0 aromatic heterocycles. The summed E-state index contributed by atoms with van der Waals surface area (Å²) >= 11 is 0. The Hall–Kier alpha value is -1.23. The van der Waals surface area contributed by atoms with E-state index in [1.54, 1.807) is 24.3 Å². The van der Waals surface area contributed by atoms with Crippen LogP contribution in [0.3, 0.4) is 0 Å². The molecular formula is C11H18N2O2S. The van der Waals surface area contributed by atoms with Crippen LogP contribution in [-0.4, -0.2) is 21.2 Å². The number of hydrogen-bond donors (Lipinski definition) is 1. The fraction of sp³-hybridized carbons (Fsp3) is 0.455. The molecule has 90 valence electrons. The van der Waals surface area contributed by atoms with Gasteiger partial charge in [0.05, 0.1) is 17.1 Å². The normalized spacial score (nSPS) is 11.8. The second-order valence-electron chi connectivity index (χ2n) is 4.20. The monoisotopic (exact) mass is 242 g/mol. The molecule has 1 rings (SSSR count). The maximum atomic E-state index is 12.0. The van der Waals surface area contributed by atoms with E-state index in [-0.39, 0.29) is 11.7 Å². The lowest BCUT2D eigenvalue weighted by Gasteiger charge is -2.21. The molecule has 0 unspecified atom stereocenters. The Morgan fingerprint density at radius 3 is 2.38 bits per heavy atom. The molecule has 1 aromatic rings. The highest BCUT2D eigenvalue weighted by Crippen LogP contribution is 2.24. The third-order valence-corrected chi connectivity index (χ3v) is 4.36. The van der Waals surface area contributed by atoms with Gasteiger partial charge in [-0.1, -0.05) is 26.0 Å². The molecule has 0 fully saturated rings. The summed E-state index contributed by atoms with van der Waals surface area (Å²) in [6.45, 7) is 3.75. The zero-order valence-corrected chi connectivity index (χ0v) is 10.7. The molecule has 0 saturated carbocycles. The second kappa shape index (κ2) is 4.74. The van der Waals surface area contributed by atoms with Gasteiger partial charge in [0.2, 0.25) is 10.0 Å². The van der Waals surface area contributed by atoms with E-state index in [1.807, 2.05) is 13.8 Å². The highest BCUT2D eigenvalue weighted by molar-refractivity contribution is 7.92. The zero-order valence-electron chi connectivity index (χ0n) is 9.84. The fourth-order valence-corrected chi connectivity index (χ4v) is 2.99. The van der Waals surface area contributed by atoms with Crippen LogP contribution in [-0.2, 0) is 10.0 Å². The molecule has 0 radical (unpaired) electrons. The predicted molar refractivity (Wildman–Crippen MR) is 67.9 cm³/mol. The number of para-hydroxylation sites is 2. The zero-order chi connectivity index (χ0) is 12.3. The second-order valence-corrected chi connectivity index (χ2v) is 6.24. The Balaban J connectivity index is 3.03. The molecule has 0 amide bonds. The van der Waals surface area contributed by atoms with Gasteiger partial charge in [0.25, 0.3) is 0 Å². The lowest BCUT2D eigenvalue weighted by Crippen LogP contribution is -2.31. The van der Waals surface area contributed by atoms with E-state index in [1.165, 1.54) is 11.4 Å². The lowest BCUT2D eigenvalue weighted by molar-refractivity contribution is 0.580. The number of benzene rings is 1. The van der Waals surface area contributed by atoms with Gasteiger partial charge in [-0.05, 0) is 18.1 Å². The van der Waals surface area contributed by atoms with Crippen molar-refractivity contribution in [2.24, 2.45) is 5.92 Å². The van der Waals surface area contributed by atoms with Crippen LogP contribution in [0.4, 0.5) is 11.4 Å². The van der Waals surface area contributed by atoms with Gasteiger partial charge in [0, 0.05) is 7.05 Å². The molecule has 0 aliphatic rings. The quantitative estimate of drug-likeness (QED) is 0.817. The van der Waals surface area contributed by atoms with Crippen LogP contribution >= 0.6 is 0 Å². The Morgan fingerprint density at radius 2 is 1.88 bits per heavy atom. The summed E-state index contributed by atoms with van der Waals surface area (Å²) in [6.07, 6.45) is 0. The summed E-state index contributed by atoms with van der Waals surface area (Å²) in [7, 11) is -1.75. The number of hydrogen-bond acceptors (Lipinski definition) is 3. The first-order chi connectivity index (χ1) is 7.34. The van der Waals surface area contributed by atoms with Crippen molar-refractivity contribution in [3.8, 4) is 0 Å². The van der Waals surface area contributed by atoms with Gasteiger partial charge < -0.3 is 5.73 Å². The molecule has 0 heterocycles. The van der Waals surface area contributed by atoms with Crippen LogP contribution in [0.5, 0.6) is 0 Å². The van der Waals surface area contributed by atoms with E-state index in [0.717, 1.165) is 0 Å². The highest BCUT2D eigenvalue weighted by atomic mass is 32.2. The molecule has 0 saturated heterocycles. The van der Waals surface area contributed by atoms with Gasteiger partial charge >= 0.3 is 0 Å². The first-order valence-electron chi connectivity index (χ1n) is 5.15. The number of nitrogens with two attached hydrogens (primary N) is 1. The largest absolute Gasteiger partial charge is 0.397 e. The van der Waals surface area contributed by atoms with Gasteiger partial charge in [-0.2, -0.15) is 0 Å². The number of nitrogens with zero attached hydrogens (tertiary/aromatic N) is 1. The molecular weight excluding hydrogens is 224 g/mol. The van der Waals surface area contributed by atoms with Crippen molar-refractivity contribution in [3.05, 3.63) is 24.3 Å². The molecule has 0 atom stereocenters. The van der Waals surface area contributed by atoms with E-state index >= 15 is 0 Å². The average molecular weight is 242 g/mol. The van der Waals surface area contributed by atoms with E-state index in [2.05, 4.69) is 0 Å². The number of sulfonamides is 1. The molecule has 2 N–H and O–H groups in total. The first-order valence-corrected chi connectivity index (χ1v) is 6.76. The Kier molecular flexibility index (Phi) is 3.80. The number of anilines is 2. The minimum Gasteiger partial charge on any atom is -0.397 e. The lowest BCUT2D eigenvalue weighted by atomic mass is 10.3. The van der Waals surface area contributed by atoms with Gasteiger partial charge in [-0.3, -0.25) is 4.31 Å². The maximum Gasteiger partial charge on any atom is 0.235 e. The highest BCUT2D eigenvalue weighted by Gasteiger charge is 2.20. The Labute approximate surface area is 97.1 Å². The molecule has 4 nitrogen and oxygen atoms in total. The van der Waals surface area contributed by atoms with Crippen LogP contribution in [0.15, 0.2) is 24.3 Å². The van der Waals surface area contributed by atoms with Crippen LogP contribution in [0.1, 0.15) is 13.8 Å². The van der Waals surface area contributed by atoms with Crippen molar-refractivity contribution in [1.29, 1.82) is 0 Å². The van der Waals surface area contributed by atoms with Crippen LogP contribution < -0.4 is 10.0 Å². The summed E-state index contributed by atoms with van der Waals surface area (Å²) in [4.78, 5) is 0. The van der Waals surface area contributed by atoms with Crippen LogP contribution in [0, 0.1) is 5.92 Å². The van der Waals surface area contributed by atoms with Gasteiger partial charge in [-0.25, -0.2) is 8.42 Å². The molecule has 16 heavy (non-hydrogen) atoms. The minimum atomic E-state index is -3.28. The van der Waals surface area contributed by atoms with Gasteiger partial charge in [-0.15, -0.1) is 0 Å². The van der Waals surface area contributed by atoms with Crippen molar-refractivity contribution < 1.29 is 8.42 Å². The van der Waals surface area contributed by atoms with Crippen LogP contribution in [0.25, 0.3) is 0 Å². The predicted octanol–water partition coefficient (Wildman–Crippen LogP) is 1.69. The van der Waals surface area contributed by atoms with Crippen molar-refractivity contribution in [2.45, 2.75) is 13.8 Å². The van der Waals surface area contributed by atoms with E-state index in [0.29, 0.717) is 11.4 Å². The summed E-state index contributed by atoms with van der Waals surface area (Å²) < 4.78 is 25.2. The Bertz CT molecular complexity index is 455. The number of nitrogen functional groups attached to an aromatic ring is 1. The van der Waals surface area contributed by atoms with E-state index in [4.69, 9.17) is 5.73 Å². The molecule has 1 aromatic carbocycles. The number of rotatable bonds is 4. The summed E-state index contributed by atoms with van der Waals surface area (Å²) in [5.74, 6) is 0.218. The van der Waals surface area contributed by atoms with E-state index in [9.17, 15) is 8.42 Å². The molecule has 0 aliphatic carbocycles. The average Bonchev–Trinajstić information content (AvgIpc) is 2.15. The van der Waals surface area contributed by atoms with Crippen LogP contribution in [0.2, 0.25) is 0 Å². The minimum absolute atomic E-state index is 0.0948. The molecule has 0 bridgehead atoms. The van der Waals surface area contributed by atoms with Gasteiger partial charge in [0.15, 0.2) is 0 Å². The summed E-state index contributed by atoms with van der Waals surface area (Å²) in [5, 5.41) is 0. The molecule has 0 spiro atoms. The summed E-state index contributed by atoms with van der Waals surface area (Å²) in [5.41, 5.74) is 6.74. The molecule has 0 aliphatic heterocycles. The van der Waals surface area contributed by atoms with Gasteiger partial charge in [0.1, 0.15) is 0 Å². The topological polar surface area (TPSA) is 63.4 Å². The first kappa shape index (κ1) is 12.8. The third kappa shape index (κ3) is 2.88. The maximum absolute atomic E-state index is 12.0. The summed E-state index contributed by atoms with van der Waals surface area (Å²) in [6, 6.07) is 6.94. The third-order valence-electron chi connectivity index (χ3n) is 2.24. The van der Waals surface area contributed by atoms with Crippen molar-refractivity contribution >= 4 is 21.4 Å². The fourth-order valence-electron chi connectivity index (χ4n) is 1.46. The standard InChI is InChI=1S/C11H18N2O2S/c1-9(2)8-16(14,15)13(3)11-7-5-4-6-10(11)12/h4-7,9H,8,12H2,1-3H3.